The number of aliphatic hydroxyl groups is 1. The normalized spacial score (nSPS) is 26.7. The third kappa shape index (κ3) is 21.9. The molecule has 85 heavy (non-hydrogen) atoms. The van der Waals surface area contributed by atoms with Gasteiger partial charge < -0.3 is 66.0 Å². The van der Waals surface area contributed by atoms with Crippen LogP contribution in [0.15, 0.2) is 12.2 Å². The second-order valence-corrected chi connectivity index (χ2v) is 25.0. The van der Waals surface area contributed by atoms with Crippen LogP contribution in [0, 0.1) is 35.5 Å². The zero-order chi connectivity index (χ0) is 65.1. The molecule has 1 rings (SSSR count). The molecule has 1 saturated heterocycles. The summed E-state index contributed by atoms with van der Waals surface area (Å²) in [5, 5.41) is 25.8. The van der Waals surface area contributed by atoms with Crippen molar-refractivity contribution in [1.29, 1.82) is 0 Å². The first-order chi connectivity index (χ1) is 38.9. The third-order valence-corrected chi connectivity index (χ3v) is 15.8. The SMILES string of the molecule is C.CC=CC[C@@H](C)[C@@H](O)[C@H]1C(=O)N[C@@H](CC)C(=O)N(C)CC(=O)N(C)[C@@H](CNC)C(=O)N[C@@H](C(C)C)C(=O)N(C)[C@@H](CC(C)C)C(=O)N[C@@H](C)C(=O)N[C@H](C)C(=O)N(C)[C@@H](CC(C)C)C(=O)N(C)[C@@H](CC(C)C)C(=O)N(C)[C@@H](C(C)C)C(=O)N1C. The van der Waals surface area contributed by atoms with Crippen LogP contribution in [-0.4, -0.2) is 240 Å². The minimum atomic E-state index is -1.61. The molecule has 1 fully saturated rings. The molecule has 24 nitrogen and oxygen atoms in total. The highest BCUT2D eigenvalue weighted by atomic mass is 16.3. The zero-order valence-electron chi connectivity index (χ0n) is 55.0. The maximum Gasteiger partial charge on any atom is 0.246 e. The van der Waals surface area contributed by atoms with Crippen LogP contribution in [0.3, 0.4) is 0 Å². The van der Waals surface area contributed by atoms with Crippen molar-refractivity contribution >= 4 is 65.0 Å². The van der Waals surface area contributed by atoms with Crippen molar-refractivity contribution in [1.82, 2.24) is 60.9 Å². The summed E-state index contributed by atoms with van der Waals surface area (Å²) in [4.78, 5) is 168. The van der Waals surface area contributed by atoms with E-state index in [1.54, 1.807) is 67.7 Å². The lowest BCUT2D eigenvalue weighted by atomic mass is 9.91. The maximum absolute atomic E-state index is 15.1. The summed E-state index contributed by atoms with van der Waals surface area (Å²) in [6.07, 6.45) is 2.85. The molecule has 0 spiro atoms. The van der Waals surface area contributed by atoms with Gasteiger partial charge in [0.2, 0.25) is 65.0 Å². The Kier molecular flexibility index (Phi) is 33.5. The molecule has 24 heteroatoms. The monoisotopic (exact) mass is 1200 g/mol. The van der Waals surface area contributed by atoms with Gasteiger partial charge in [-0.25, -0.2) is 0 Å². The summed E-state index contributed by atoms with van der Waals surface area (Å²) >= 11 is 0. The average molecular weight is 1210 g/mol. The number of hydrogen-bond donors (Lipinski definition) is 6. The van der Waals surface area contributed by atoms with Crippen LogP contribution in [-0.2, 0) is 52.7 Å². The molecule has 0 saturated carbocycles. The standard InChI is InChI=1S/C60H108N12O12.CH4/c1-24-26-27-38(13)50(74)49-54(78)64-41(25-2)56(80)66(17)32-46(73)67(18)45(31-61-16)53(77)65-47(36(9)10)59(83)68(19)42(28-33(3)4)52(76)62-39(14)51(75)63-40(15)55(79)69(20)43(29-34(5)6)57(81)70(21)44(30-35(7)8)58(82)71(22)48(37(11)12)60(84)72(49)23;/h24,26,33-45,47-50,61,74H,25,27-32H2,1-23H3,(H,62,76)(H,63,75)(H,64,78)(H,65,77);1H4/t38-,39+,40-,41+,42+,43+,44+,45+,47+,48+,49+,50-;/m1./s1. The summed E-state index contributed by atoms with van der Waals surface area (Å²) in [6.45, 7) is 25.4. The van der Waals surface area contributed by atoms with E-state index in [0.717, 1.165) is 14.7 Å². The van der Waals surface area contributed by atoms with Crippen molar-refractivity contribution in [2.75, 3.05) is 69.5 Å². The van der Waals surface area contributed by atoms with E-state index < -0.39 is 156 Å². The fraction of sp³-hybridized carbons (Fsp3) is 0.787. The Morgan fingerprint density at radius 2 is 0.965 bits per heavy atom. The highest BCUT2D eigenvalue weighted by molar-refractivity contribution is 5.99. The summed E-state index contributed by atoms with van der Waals surface area (Å²) in [7, 11) is 11.4. The molecule has 0 bridgehead atoms. The van der Waals surface area contributed by atoms with Gasteiger partial charge in [0.25, 0.3) is 0 Å². The highest BCUT2D eigenvalue weighted by Gasteiger charge is 2.45. The van der Waals surface area contributed by atoms with E-state index >= 15 is 9.59 Å². The number of likely N-dealkylation sites (N-methyl/N-ethyl adjacent to an activating group) is 8. The van der Waals surface area contributed by atoms with E-state index in [1.165, 1.54) is 82.8 Å². The first kappa shape index (κ1) is 78.8. The number of amides is 11. The van der Waals surface area contributed by atoms with E-state index in [0.29, 0.717) is 6.42 Å². The number of allylic oxidation sites excluding steroid dienone is 2. The number of rotatable bonds is 15. The van der Waals surface area contributed by atoms with Gasteiger partial charge in [0, 0.05) is 55.9 Å². The smallest absolute Gasteiger partial charge is 0.246 e. The third-order valence-electron chi connectivity index (χ3n) is 15.8. The second kappa shape index (κ2) is 36.1. The van der Waals surface area contributed by atoms with Gasteiger partial charge in [0.05, 0.1) is 12.6 Å². The van der Waals surface area contributed by atoms with Gasteiger partial charge in [-0.1, -0.05) is 103 Å². The van der Waals surface area contributed by atoms with Crippen molar-refractivity contribution in [3.8, 4) is 0 Å². The van der Waals surface area contributed by atoms with Crippen LogP contribution in [0.5, 0.6) is 0 Å². The molecule has 6 N–H and O–H groups in total. The molecule has 1 aliphatic heterocycles. The largest absolute Gasteiger partial charge is 0.390 e. The number of nitrogens with zero attached hydrogens (tertiary/aromatic N) is 7. The zero-order valence-corrected chi connectivity index (χ0v) is 55.0. The van der Waals surface area contributed by atoms with E-state index in [1.807, 2.05) is 41.5 Å². The molecule has 0 aromatic rings. The Labute approximate surface area is 509 Å². The predicted molar refractivity (Wildman–Crippen MR) is 330 cm³/mol. The molecule has 1 aliphatic rings. The Morgan fingerprint density at radius 1 is 0.518 bits per heavy atom. The Balaban J connectivity index is 0.0000706. The molecule has 11 amide bonds. The highest BCUT2D eigenvalue weighted by Crippen LogP contribution is 2.25. The summed E-state index contributed by atoms with van der Waals surface area (Å²) in [6, 6.07) is -12.5. The minimum Gasteiger partial charge on any atom is -0.390 e. The van der Waals surface area contributed by atoms with E-state index in [4.69, 9.17) is 0 Å². The lowest BCUT2D eigenvalue weighted by molar-refractivity contribution is -0.157. The van der Waals surface area contributed by atoms with Crippen LogP contribution in [0.4, 0.5) is 0 Å². The molecule has 488 valence electrons. The first-order valence-corrected chi connectivity index (χ1v) is 29.9. The summed E-state index contributed by atoms with van der Waals surface area (Å²) in [5.74, 6) is -9.76. The molecule has 0 aromatic heterocycles. The van der Waals surface area contributed by atoms with Crippen LogP contribution in [0.2, 0.25) is 0 Å². The molecule has 0 radical (unpaired) electrons. The van der Waals surface area contributed by atoms with Crippen LogP contribution < -0.4 is 26.6 Å². The number of carbonyl (C=O) groups excluding carboxylic acids is 11. The molecule has 0 unspecified atom stereocenters. The van der Waals surface area contributed by atoms with Crippen LogP contribution in [0.1, 0.15) is 143 Å². The first-order valence-electron chi connectivity index (χ1n) is 29.9. The number of hydrogen-bond acceptors (Lipinski definition) is 13. The minimum absolute atomic E-state index is 0. The lowest BCUT2D eigenvalue weighted by Gasteiger charge is -2.41. The Hall–Kier alpha value is -6.17. The van der Waals surface area contributed by atoms with E-state index in [2.05, 4.69) is 26.6 Å². The Morgan fingerprint density at radius 3 is 1.42 bits per heavy atom. The topological polar surface area (TPSA) is 291 Å². The van der Waals surface area contributed by atoms with Gasteiger partial charge in [-0.05, 0) is 95.4 Å². The molecule has 0 aromatic carbocycles. The van der Waals surface area contributed by atoms with E-state index in [-0.39, 0.29) is 57.4 Å². The van der Waals surface area contributed by atoms with Crippen molar-refractivity contribution in [3.05, 3.63) is 12.2 Å². The molecule has 1 heterocycles. The number of aliphatic hydroxyl groups excluding tert-OH is 1. The van der Waals surface area contributed by atoms with Crippen molar-refractivity contribution in [2.45, 2.75) is 210 Å². The van der Waals surface area contributed by atoms with Crippen LogP contribution in [0.25, 0.3) is 0 Å². The Bertz CT molecular complexity index is 2290. The predicted octanol–water partition coefficient (Wildman–Crippen LogP) is 2.08. The number of carbonyl (C=O) groups is 11. The van der Waals surface area contributed by atoms with E-state index in [9.17, 15) is 48.3 Å². The van der Waals surface area contributed by atoms with Gasteiger partial charge in [0.1, 0.15) is 60.4 Å². The molecular weight excluding hydrogens is 1090 g/mol. The summed E-state index contributed by atoms with van der Waals surface area (Å²) in [5.41, 5.74) is 0. The van der Waals surface area contributed by atoms with Gasteiger partial charge in [0.15, 0.2) is 0 Å². The average Bonchev–Trinajstić information content (AvgIpc) is 3.45. The quantitative estimate of drug-likeness (QED) is 0.128. The fourth-order valence-electron chi connectivity index (χ4n) is 10.4. The van der Waals surface area contributed by atoms with Crippen molar-refractivity contribution in [2.24, 2.45) is 35.5 Å². The lowest BCUT2D eigenvalue weighted by Crippen LogP contribution is -2.63. The van der Waals surface area contributed by atoms with Crippen molar-refractivity contribution in [3.63, 3.8) is 0 Å². The van der Waals surface area contributed by atoms with Crippen LogP contribution >= 0.6 is 0 Å². The van der Waals surface area contributed by atoms with Gasteiger partial charge in [-0.15, -0.1) is 0 Å². The summed E-state index contributed by atoms with van der Waals surface area (Å²) < 4.78 is 0. The molecular formula is C61H112N12O12. The van der Waals surface area contributed by atoms with Crippen molar-refractivity contribution < 1.29 is 57.8 Å². The van der Waals surface area contributed by atoms with Gasteiger partial charge in [-0.3, -0.25) is 52.7 Å². The fourth-order valence-corrected chi connectivity index (χ4v) is 10.4. The van der Waals surface area contributed by atoms with Gasteiger partial charge >= 0.3 is 0 Å². The molecule has 12 atom stereocenters. The maximum atomic E-state index is 15.1. The second-order valence-electron chi connectivity index (χ2n) is 25.0. The number of nitrogens with one attached hydrogen (secondary N) is 5. The van der Waals surface area contributed by atoms with Gasteiger partial charge in [-0.2, -0.15) is 0 Å². The molecule has 0 aliphatic carbocycles.